The molecular weight excluding hydrogens is 350 g/mol. The molecule has 1 aromatic carbocycles. The number of nitro groups is 1. The third-order valence-corrected chi connectivity index (χ3v) is 5.83. The highest BCUT2D eigenvalue weighted by Crippen LogP contribution is 2.23. The van der Waals surface area contributed by atoms with E-state index in [-0.39, 0.29) is 23.7 Å². The Morgan fingerprint density at radius 3 is 2.56 bits per heavy atom. The van der Waals surface area contributed by atoms with Crippen molar-refractivity contribution in [2.24, 2.45) is 0 Å². The van der Waals surface area contributed by atoms with Crippen LogP contribution in [0, 0.1) is 10.1 Å². The van der Waals surface area contributed by atoms with Gasteiger partial charge in [0.2, 0.25) is 15.9 Å². The second-order valence-corrected chi connectivity index (χ2v) is 7.42. The van der Waals surface area contributed by atoms with E-state index in [2.05, 4.69) is 10.2 Å². The number of non-ortho nitro benzene ring substituents is 1. The Labute approximate surface area is 144 Å². The van der Waals surface area contributed by atoms with Gasteiger partial charge in [-0.15, -0.1) is 5.10 Å². The monoisotopic (exact) mass is 367 g/mol. The molecular formula is C14H17N5O5S. The summed E-state index contributed by atoms with van der Waals surface area (Å²) in [4.78, 5) is 12.0. The summed E-state index contributed by atoms with van der Waals surface area (Å²) in [5.74, 6) is 0.529. The minimum Gasteiger partial charge on any atom is -0.408 e. The minimum atomic E-state index is -3.79. The molecule has 1 aliphatic heterocycles. The van der Waals surface area contributed by atoms with Crippen molar-refractivity contribution in [3.63, 3.8) is 0 Å². The molecule has 1 fully saturated rings. The van der Waals surface area contributed by atoms with Crippen LogP contribution in [0.25, 0.3) is 0 Å². The second kappa shape index (κ2) is 6.76. The van der Waals surface area contributed by atoms with Crippen LogP contribution in [0.15, 0.2) is 33.6 Å². The molecule has 2 heterocycles. The largest absolute Gasteiger partial charge is 0.408 e. The summed E-state index contributed by atoms with van der Waals surface area (Å²) < 4.78 is 32.2. The van der Waals surface area contributed by atoms with Gasteiger partial charge in [-0.25, -0.2) is 8.42 Å². The van der Waals surface area contributed by atoms with Crippen LogP contribution in [0.4, 0.5) is 11.7 Å². The molecule has 1 saturated heterocycles. The van der Waals surface area contributed by atoms with Crippen molar-refractivity contribution in [3.8, 4) is 0 Å². The molecule has 1 aromatic heterocycles. The van der Waals surface area contributed by atoms with Crippen LogP contribution >= 0.6 is 0 Å². The van der Waals surface area contributed by atoms with Crippen LogP contribution in [0.3, 0.4) is 0 Å². The van der Waals surface area contributed by atoms with Crippen molar-refractivity contribution < 1.29 is 17.8 Å². The van der Waals surface area contributed by atoms with Crippen molar-refractivity contribution >= 4 is 21.7 Å². The van der Waals surface area contributed by atoms with Crippen molar-refractivity contribution in [1.82, 2.24) is 14.5 Å². The molecule has 11 heteroatoms. The molecule has 2 aromatic rings. The molecule has 0 spiro atoms. The van der Waals surface area contributed by atoms with Crippen LogP contribution in [0.2, 0.25) is 0 Å². The van der Waals surface area contributed by atoms with Gasteiger partial charge in [0.1, 0.15) is 0 Å². The lowest BCUT2D eigenvalue weighted by Crippen LogP contribution is -2.48. The average molecular weight is 367 g/mol. The van der Waals surface area contributed by atoms with Crippen LogP contribution in [-0.4, -0.2) is 54.0 Å². The highest BCUT2D eigenvalue weighted by molar-refractivity contribution is 7.89. The van der Waals surface area contributed by atoms with E-state index in [9.17, 15) is 18.5 Å². The van der Waals surface area contributed by atoms with E-state index in [0.717, 1.165) is 6.07 Å². The van der Waals surface area contributed by atoms with E-state index in [1.165, 1.54) is 22.5 Å². The molecule has 1 aliphatic rings. The van der Waals surface area contributed by atoms with Gasteiger partial charge in [-0.05, 0) is 6.07 Å². The maximum atomic E-state index is 12.7. The Kier molecular flexibility index (Phi) is 4.68. The Balaban J connectivity index is 1.73. The lowest BCUT2D eigenvalue weighted by Gasteiger charge is -2.32. The smallest absolute Gasteiger partial charge is 0.318 e. The van der Waals surface area contributed by atoms with Crippen LogP contribution < -0.4 is 4.90 Å². The van der Waals surface area contributed by atoms with E-state index in [1.807, 2.05) is 11.8 Å². The van der Waals surface area contributed by atoms with E-state index in [0.29, 0.717) is 31.4 Å². The molecule has 0 saturated carbocycles. The third kappa shape index (κ3) is 3.46. The van der Waals surface area contributed by atoms with E-state index < -0.39 is 14.9 Å². The first kappa shape index (κ1) is 17.3. The molecule has 0 bridgehead atoms. The highest BCUT2D eigenvalue weighted by Gasteiger charge is 2.30. The topological polar surface area (TPSA) is 123 Å². The normalized spacial score (nSPS) is 16.1. The van der Waals surface area contributed by atoms with Gasteiger partial charge >= 0.3 is 6.01 Å². The maximum Gasteiger partial charge on any atom is 0.318 e. The lowest BCUT2D eigenvalue weighted by molar-refractivity contribution is -0.385. The zero-order valence-corrected chi connectivity index (χ0v) is 14.3. The predicted molar refractivity (Wildman–Crippen MR) is 87.7 cm³/mol. The van der Waals surface area contributed by atoms with Crippen molar-refractivity contribution in [1.29, 1.82) is 0 Å². The zero-order chi connectivity index (χ0) is 18.0. The molecule has 3 rings (SSSR count). The van der Waals surface area contributed by atoms with E-state index in [1.54, 1.807) is 0 Å². The number of benzene rings is 1. The number of nitro benzene ring substituents is 1. The SMILES string of the molecule is CCc1nnc(N2CCN(S(=O)(=O)c3cccc([N+](=O)[O-])c3)CC2)o1. The molecule has 10 nitrogen and oxygen atoms in total. The maximum absolute atomic E-state index is 12.7. The summed E-state index contributed by atoms with van der Waals surface area (Å²) in [6, 6.07) is 5.45. The molecule has 0 atom stereocenters. The summed E-state index contributed by atoms with van der Waals surface area (Å²) >= 11 is 0. The molecule has 0 N–H and O–H groups in total. The fraction of sp³-hybridized carbons (Fsp3) is 0.429. The number of hydrogen-bond acceptors (Lipinski definition) is 8. The number of nitrogens with zero attached hydrogens (tertiary/aromatic N) is 5. The number of sulfonamides is 1. The van der Waals surface area contributed by atoms with Gasteiger partial charge in [0.05, 0.1) is 9.82 Å². The Hall–Kier alpha value is -2.53. The lowest BCUT2D eigenvalue weighted by atomic mass is 10.3. The minimum absolute atomic E-state index is 0.0822. The third-order valence-electron chi connectivity index (χ3n) is 3.93. The quantitative estimate of drug-likeness (QED) is 0.567. The number of anilines is 1. The van der Waals surface area contributed by atoms with Crippen molar-refractivity contribution in [3.05, 3.63) is 40.3 Å². The molecule has 134 valence electrons. The van der Waals surface area contributed by atoms with Gasteiger partial charge < -0.3 is 9.32 Å². The molecule has 0 amide bonds. The van der Waals surface area contributed by atoms with E-state index in [4.69, 9.17) is 4.42 Å². The van der Waals surface area contributed by atoms with Crippen molar-refractivity contribution in [2.45, 2.75) is 18.2 Å². The first-order chi connectivity index (χ1) is 11.9. The average Bonchev–Trinajstić information content (AvgIpc) is 3.11. The summed E-state index contributed by atoms with van der Waals surface area (Å²) in [6.45, 7) is 3.17. The molecule has 0 unspecified atom stereocenters. The Morgan fingerprint density at radius 2 is 1.96 bits per heavy atom. The van der Waals surface area contributed by atoms with Gasteiger partial charge in [-0.3, -0.25) is 10.1 Å². The van der Waals surface area contributed by atoms with Crippen LogP contribution in [0.1, 0.15) is 12.8 Å². The second-order valence-electron chi connectivity index (χ2n) is 5.48. The van der Waals surface area contributed by atoms with E-state index >= 15 is 0 Å². The Morgan fingerprint density at radius 1 is 1.24 bits per heavy atom. The summed E-state index contributed by atoms with van der Waals surface area (Å²) in [7, 11) is -3.79. The van der Waals surface area contributed by atoms with Crippen LogP contribution in [0.5, 0.6) is 0 Å². The zero-order valence-electron chi connectivity index (χ0n) is 13.5. The van der Waals surface area contributed by atoms with Gasteiger partial charge in [-0.2, -0.15) is 4.31 Å². The first-order valence-corrected chi connectivity index (χ1v) is 9.17. The van der Waals surface area contributed by atoms with Gasteiger partial charge in [0.25, 0.3) is 5.69 Å². The molecule has 0 aliphatic carbocycles. The standard InChI is InChI=1S/C14H17N5O5S/c1-2-13-15-16-14(24-13)17-6-8-18(9-7-17)25(22,23)12-5-3-4-11(10-12)19(20)21/h3-5,10H,2,6-9H2,1H3. The molecule has 0 radical (unpaired) electrons. The Bertz CT molecular complexity index is 873. The van der Waals surface area contributed by atoms with Crippen LogP contribution in [-0.2, 0) is 16.4 Å². The number of rotatable bonds is 5. The molecule has 25 heavy (non-hydrogen) atoms. The summed E-state index contributed by atoms with van der Waals surface area (Å²) in [6.07, 6.45) is 0.633. The van der Waals surface area contributed by atoms with Crippen molar-refractivity contribution in [2.75, 3.05) is 31.1 Å². The predicted octanol–water partition coefficient (Wildman–Crippen LogP) is 1.05. The van der Waals surface area contributed by atoms with Gasteiger partial charge in [-0.1, -0.05) is 18.1 Å². The summed E-state index contributed by atoms with van der Waals surface area (Å²) in [5, 5.41) is 18.7. The van der Waals surface area contributed by atoms with Gasteiger partial charge in [0.15, 0.2) is 0 Å². The number of aryl methyl sites for hydroxylation is 1. The summed E-state index contributed by atoms with van der Waals surface area (Å²) in [5.41, 5.74) is -0.252. The first-order valence-electron chi connectivity index (χ1n) is 7.73. The number of aromatic nitrogens is 2. The number of hydrogen-bond donors (Lipinski definition) is 0. The number of piperazine rings is 1. The fourth-order valence-electron chi connectivity index (χ4n) is 2.54. The van der Waals surface area contributed by atoms with Gasteiger partial charge in [0, 0.05) is 44.7 Å². The fourth-order valence-corrected chi connectivity index (χ4v) is 4.00. The highest BCUT2D eigenvalue weighted by atomic mass is 32.2.